The van der Waals surface area contributed by atoms with Gasteiger partial charge in [-0.3, -0.25) is 4.79 Å². The smallest absolute Gasteiger partial charge is 0.161 e. The summed E-state index contributed by atoms with van der Waals surface area (Å²) in [7, 11) is 3.19. The Morgan fingerprint density at radius 2 is 2.05 bits per heavy atom. The van der Waals surface area contributed by atoms with E-state index in [-0.39, 0.29) is 17.8 Å². The minimum Gasteiger partial charge on any atom is -0.493 e. The average Bonchev–Trinajstić information content (AvgIpc) is 2.85. The van der Waals surface area contributed by atoms with Crippen molar-refractivity contribution in [2.75, 3.05) is 20.8 Å². The fourth-order valence-electron chi connectivity index (χ4n) is 2.48. The summed E-state index contributed by atoms with van der Waals surface area (Å²) in [5, 5.41) is 0. The molecule has 1 fully saturated rings. The molecule has 0 aromatic heterocycles. The van der Waals surface area contributed by atoms with Crippen molar-refractivity contribution >= 4 is 5.78 Å². The first-order valence-electron chi connectivity index (χ1n) is 6.51. The molecular formula is C15H20O4. The number of benzene rings is 1. The Morgan fingerprint density at radius 1 is 1.32 bits per heavy atom. The Hall–Kier alpha value is -1.55. The van der Waals surface area contributed by atoms with E-state index in [4.69, 9.17) is 14.2 Å². The minimum atomic E-state index is 0.0214. The zero-order valence-corrected chi connectivity index (χ0v) is 11.6. The van der Waals surface area contributed by atoms with Crippen molar-refractivity contribution in [3.05, 3.63) is 23.8 Å². The van der Waals surface area contributed by atoms with E-state index in [0.29, 0.717) is 24.5 Å². The van der Waals surface area contributed by atoms with E-state index in [1.165, 1.54) is 0 Å². The number of carbonyl (C=O) groups excluding carboxylic acids is 1. The quantitative estimate of drug-likeness (QED) is 0.818. The molecular weight excluding hydrogens is 244 g/mol. The van der Waals surface area contributed by atoms with Gasteiger partial charge in [-0.05, 0) is 31.0 Å². The van der Waals surface area contributed by atoms with Crippen LogP contribution in [0.4, 0.5) is 0 Å². The summed E-state index contributed by atoms with van der Waals surface area (Å²) in [4.78, 5) is 12.2. The molecule has 0 radical (unpaired) electrons. The average molecular weight is 264 g/mol. The molecule has 1 saturated heterocycles. The molecule has 104 valence electrons. The van der Waals surface area contributed by atoms with Gasteiger partial charge in [0.1, 0.15) is 5.78 Å². The molecule has 4 nitrogen and oxygen atoms in total. The van der Waals surface area contributed by atoms with Crippen molar-refractivity contribution in [3.8, 4) is 11.5 Å². The molecule has 2 atom stereocenters. The van der Waals surface area contributed by atoms with Gasteiger partial charge in [0.2, 0.25) is 0 Å². The molecule has 0 spiro atoms. The van der Waals surface area contributed by atoms with Gasteiger partial charge in [-0.1, -0.05) is 6.07 Å². The van der Waals surface area contributed by atoms with Crippen LogP contribution in [0.2, 0.25) is 0 Å². The number of methoxy groups -OCH3 is 2. The number of carbonyl (C=O) groups is 1. The Balaban J connectivity index is 2.08. The van der Waals surface area contributed by atoms with Crippen LogP contribution in [0.15, 0.2) is 18.2 Å². The fourth-order valence-corrected chi connectivity index (χ4v) is 2.48. The lowest BCUT2D eigenvalue weighted by Gasteiger charge is -2.13. The molecule has 1 aliphatic heterocycles. The molecule has 1 aromatic rings. The highest BCUT2D eigenvalue weighted by Gasteiger charge is 2.30. The first kappa shape index (κ1) is 13.9. The molecule has 19 heavy (non-hydrogen) atoms. The van der Waals surface area contributed by atoms with E-state index in [0.717, 1.165) is 12.0 Å². The third kappa shape index (κ3) is 3.07. The van der Waals surface area contributed by atoms with Crippen LogP contribution in [0.5, 0.6) is 11.5 Å². The van der Waals surface area contributed by atoms with Crippen LogP contribution in [0.3, 0.4) is 0 Å². The zero-order chi connectivity index (χ0) is 13.8. The summed E-state index contributed by atoms with van der Waals surface area (Å²) in [5.41, 5.74) is 0.946. The van der Waals surface area contributed by atoms with Gasteiger partial charge >= 0.3 is 0 Å². The first-order chi connectivity index (χ1) is 9.15. The molecule has 0 amide bonds. The number of hydrogen-bond donors (Lipinski definition) is 0. The minimum absolute atomic E-state index is 0.0214. The third-order valence-electron chi connectivity index (χ3n) is 3.62. The maximum absolute atomic E-state index is 12.2. The third-order valence-corrected chi connectivity index (χ3v) is 3.62. The summed E-state index contributed by atoms with van der Waals surface area (Å²) < 4.78 is 15.9. The fraction of sp³-hybridized carbons (Fsp3) is 0.533. The van der Waals surface area contributed by atoms with Crippen LogP contribution >= 0.6 is 0 Å². The Kier molecular flexibility index (Phi) is 4.43. The molecule has 2 rings (SSSR count). The Morgan fingerprint density at radius 3 is 2.63 bits per heavy atom. The summed E-state index contributed by atoms with van der Waals surface area (Å²) in [6, 6.07) is 5.59. The largest absolute Gasteiger partial charge is 0.493 e. The van der Waals surface area contributed by atoms with Crippen molar-refractivity contribution in [2.45, 2.75) is 25.9 Å². The van der Waals surface area contributed by atoms with Gasteiger partial charge in [-0.2, -0.15) is 0 Å². The molecule has 2 unspecified atom stereocenters. The lowest BCUT2D eigenvalue weighted by Crippen LogP contribution is -2.23. The predicted molar refractivity (Wildman–Crippen MR) is 71.8 cm³/mol. The monoisotopic (exact) mass is 264 g/mol. The van der Waals surface area contributed by atoms with Crippen LogP contribution in [-0.2, 0) is 16.0 Å². The number of ketones is 1. The van der Waals surface area contributed by atoms with Crippen LogP contribution < -0.4 is 9.47 Å². The van der Waals surface area contributed by atoms with Gasteiger partial charge in [-0.15, -0.1) is 0 Å². The van der Waals surface area contributed by atoms with Crippen LogP contribution in [0, 0.1) is 5.92 Å². The van der Waals surface area contributed by atoms with E-state index in [9.17, 15) is 4.79 Å². The molecule has 0 aliphatic carbocycles. The van der Waals surface area contributed by atoms with Crippen molar-refractivity contribution in [1.82, 2.24) is 0 Å². The van der Waals surface area contributed by atoms with E-state index in [2.05, 4.69) is 0 Å². The molecule has 1 heterocycles. The van der Waals surface area contributed by atoms with Crippen LogP contribution in [0.1, 0.15) is 18.9 Å². The van der Waals surface area contributed by atoms with Crippen LogP contribution in [0.25, 0.3) is 0 Å². The zero-order valence-electron chi connectivity index (χ0n) is 11.6. The summed E-state index contributed by atoms with van der Waals surface area (Å²) in [6.45, 7) is 2.65. The first-order valence-corrected chi connectivity index (χ1v) is 6.51. The molecule has 1 aromatic carbocycles. The highest BCUT2D eigenvalue weighted by molar-refractivity contribution is 5.84. The molecule has 0 saturated carbocycles. The molecule has 4 heteroatoms. The van der Waals surface area contributed by atoms with Crippen molar-refractivity contribution < 1.29 is 19.0 Å². The van der Waals surface area contributed by atoms with Crippen molar-refractivity contribution in [3.63, 3.8) is 0 Å². The Labute approximate surface area is 113 Å². The summed E-state index contributed by atoms with van der Waals surface area (Å²) in [5.74, 6) is 1.59. The molecule has 1 aliphatic rings. The van der Waals surface area contributed by atoms with Crippen molar-refractivity contribution in [1.29, 1.82) is 0 Å². The SMILES string of the molecule is COc1ccc(CC(=O)C2CCOC2C)cc1OC. The number of rotatable bonds is 5. The second-order valence-electron chi connectivity index (χ2n) is 4.80. The standard InChI is InChI=1S/C15H20O4/c1-10-12(6-7-19-10)13(16)8-11-4-5-14(17-2)15(9-11)18-3/h4-5,9-10,12H,6-8H2,1-3H3. The van der Waals surface area contributed by atoms with Gasteiger partial charge in [0.25, 0.3) is 0 Å². The van der Waals surface area contributed by atoms with Crippen LogP contribution in [-0.4, -0.2) is 32.7 Å². The Bertz CT molecular complexity index is 455. The number of Topliss-reactive ketones (excluding diaryl/α,β-unsaturated/α-hetero) is 1. The maximum Gasteiger partial charge on any atom is 0.161 e. The number of ether oxygens (including phenoxy) is 3. The van der Waals surface area contributed by atoms with Gasteiger partial charge in [-0.25, -0.2) is 0 Å². The van der Waals surface area contributed by atoms with Gasteiger partial charge in [0.15, 0.2) is 11.5 Å². The molecule has 0 bridgehead atoms. The number of hydrogen-bond acceptors (Lipinski definition) is 4. The topological polar surface area (TPSA) is 44.8 Å². The van der Waals surface area contributed by atoms with Crippen molar-refractivity contribution in [2.24, 2.45) is 5.92 Å². The van der Waals surface area contributed by atoms with Gasteiger partial charge in [0.05, 0.1) is 20.3 Å². The predicted octanol–water partition coefficient (Wildman–Crippen LogP) is 2.24. The summed E-state index contributed by atoms with van der Waals surface area (Å²) in [6.07, 6.45) is 1.28. The van der Waals surface area contributed by atoms with E-state index in [1.54, 1.807) is 14.2 Å². The normalized spacial score (nSPS) is 22.3. The maximum atomic E-state index is 12.2. The van der Waals surface area contributed by atoms with Gasteiger partial charge < -0.3 is 14.2 Å². The highest BCUT2D eigenvalue weighted by atomic mass is 16.5. The summed E-state index contributed by atoms with van der Waals surface area (Å²) >= 11 is 0. The highest BCUT2D eigenvalue weighted by Crippen LogP contribution is 2.29. The van der Waals surface area contributed by atoms with Gasteiger partial charge in [0, 0.05) is 18.9 Å². The molecule has 0 N–H and O–H groups in total. The second kappa shape index (κ2) is 6.06. The van der Waals surface area contributed by atoms with E-state index in [1.807, 2.05) is 25.1 Å². The van der Waals surface area contributed by atoms with E-state index >= 15 is 0 Å². The second-order valence-corrected chi connectivity index (χ2v) is 4.80. The lowest BCUT2D eigenvalue weighted by atomic mass is 9.93. The van der Waals surface area contributed by atoms with E-state index < -0.39 is 0 Å². The lowest BCUT2D eigenvalue weighted by molar-refractivity contribution is -0.123.